The first-order valence-corrected chi connectivity index (χ1v) is 13.0. The van der Waals surface area contributed by atoms with Crippen LogP contribution in [0, 0.1) is 12.8 Å². The van der Waals surface area contributed by atoms with Crippen LogP contribution >= 0.6 is 0 Å². The Bertz CT molecular complexity index is 1420. The van der Waals surface area contributed by atoms with E-state index >= 15 is 0 Å². The van der Waals surface area contributed by atoms with Crippen LogP contribution in [0.3, 0.4) is 0 Å². The summed E-state index contributed by atoms with van der Waals surface area (Å²) in [6.07, 6.45) is 0.801. The predicted molar refractivity (Wildman–Crippen MR) is 147 cm³/mol. The van der Waals surface area contributed by atoms with Crippen LogP contribution in [0.15, 0.2) is 89.3 Å². The molecule has 1 aromatic heterocycles. The molecule has 6 nitrogen and oxygen atoms in total. The minimum absolute atomic E-state index is 0.0847. The van der Waals surface area contributed by atoms with Crippen LogP contribution in [-0.4, -0.2) is 23.3 Å². The lowest BCUT2D eigenvalue weighted by Crippen LogP contribution is -2.42. The Kier molecular flexibility index (Phi) is 7.31. The van der Waals surface area contributed by atoms with Gasteiger partial charge in [-0.05, 0) is 66.4 Å². The molecule has 0 radical (unpaired) electrons. The summed E-state index contributed by atoms with van der Waals surface area (Å²) in [4.78, 5) is 27.7. The van der Waals surface area contributed by atoms with Gasteiger partial charge in [0.15, 0.2) is 5.76 Å². The molecule has 0 saturated heterocycles. The van der Waals surface area contributed by atoms with Gasteiger partial charge >= 0.3 is 0 Å². The van der Waals surface area contributed by atoms with Crippen molar-refractivity contribution in [1.29, 1.82) is 0 Å². The van der Waals surface area contributed by atoms with Crippen molar-refractivity contribution in [1.82, 2.24) is 4.90 Å². The molecule has 1 aliphatic rings. The highest BCUT2D eigenvalue weighted by atomic mass is 16.5. The zero-order valence-electron chi connectivity index (χ0n) is 21.9. The van der Waals surface area contributed by atoms with E-state index in [9.17, 15) is 9.59 Å². The number of furan rings is 1. The number of carbonyl (C=O) groups is 2. The molecule has 2 amide bonds. The van der Waals surface area contributed by atoms with Crippen molar-refractivity contribution in [3.05, 3.63) is 119 Å². The van der Waals surface area contributed by atoms with E-state index in [4.69, 9.17) is 9.15 Å². The minimum Gasteiger partial charge on any atom is -0.486 e. The molecule has 2 heterocycles. The van der Waals surface area contributed by atoms with Crippen molar-refractivity contribution < 1.29 is 18.7 Å². The van der Waals surface area contributed by atoms with E-state index in [2.05, 4.69) is 23.5 Å². The number of nitrogens with one attached hydrogen (secondary N) is 1. The van der Waals surface area contributed by atoms with Crippen molar-refractivity contribution in [2.45, 2.75) is 39.8 Å². The highest BCUT2D eigenvalue weighted by Crippen LogP contribution is 2.38. The van der Waals surface area contributed by atoms with Crippen LogP contribution in [0.4, 0.5) is 5.69 Å². The molecule has 38 heavy (non-hydrogen) atoms. The number of aryl methyl sites for hydroxylation is 1. The monoisotopic (exact) mass is 508 g/mol. The topological polar surface area (TPSA) is 71.8 Å². The number of benzene rings is 3. The van der Waals surface area contributed by atoms with Gasteiger partial charge in [-0.3, -0.25) is 9.59 Å². The lowest BCUT2D eigenvalue weighted by atomic mass is 9.87. The third-order valence-corrected chi connectivity index (χ3v) is 6.81. The molecule has 0 fully saturated rings. The molecular formula is C32H32N2O4. The molecule has 0 saturated carbocycles. The maximum Gasteiger partial charge on any atom is 0.291 e. The fourth-order valence-corrected chi connectivity index (χ4v) is 4.81. The number of nitrogens with zero attached hydrogens (tertiary/aromatic N) is 1. The van der Waals surface area contributed by atoms with Gasteiger partial charge in [0.2, 0.25) is 5.91 Å². The molecular weight excluding hydrogens is 476 g/mol. The van der Waals surface area contributed by atoms with Gasteiger partial charge in [-0.15, -0.1) is 0 Å². The molecule has 4 aromatic rings. The van der Waals surface area contributed by atoms with Crippen LogP contribution in [0.5, 0.6) is 5.75 Å². The van der Waals surface area contributed by atoms with Gasteiger partial charge in [-0.2, -0.15) is 0 Å². The molecule has 1 aliphatic heterocycles. The summed E-state index contributed by atoms with van der Waals surface area (Å²) in [6.45, 7) is 6.75. The van der Waals surface area contributed by atoms with E-state index in [1.165, 1.54) is 5.56 Å². The smallest absolute Gasteiger partial charge is 0.291 e. The number of fused-ring (bicyclic) bond motifs is 1. The van der Waals surface area contributed by atoms with Crippen LogP contribution in [0.1, 0.15) is 58.5 Å². The molecule has 0 spiro atoms. The first kappa shape index (κ1) is 25.3. The fraction of sp³-hybridized carbons (Fsp3) is 0.250. The van der Waals surface area contributed by atoms with Crippen molar-refractivity contribution in [2.24, 2.45) is 5.92 Å². The van der Waals surface area contributed by atoms with Gasteiger partial charge in [-0.1, -0.05) is 67.9 Å². The number of anilines is 1. The van der Waals surface area contributed by atoms with E-state index in [-0.39, 0.29) is 36.1 Å². The number of carbonyl (C=O) groups excluding carboxylic acids is 2. The second-order valence-corrected chi connectivity index (χ2v) is 9.98. The average molecular weight is 509 g/mol. The first-order valence-electron chi connectivity index (χ1n) is 13.0. The molecule has 1 N–H and O–H groups in total. The molecule has 194 valence electrons. The first-order chi connectivity index (χ1) is 18.4. The van der Waals surface area contributed by atoms with Crippen LogP contribution < -0.4 is 10.1 Å². The van der Waals surface area contributed by atoms with E-state index in [1.807, 2.05) is 80.3 Å². The van der Waals surface area contributed by atoms with E-state index in [0.717, 1.165) is 23.1 Å². The van der Waals surface area contributed by atoms with Crippen LogP contribution in [-0.2, 0) is 17.8 Å². The fourth-order valence-electron chi connectivity index (χ4n) is 4.81. The normalized spacial score (nSPS) is 14.7. The van der Waals surface area contributed by atoms with Gasteiger partial charge in [0.1, 0.15) is 18.1 Å². The Morgan fingerprint density at radius 2 is 1.76 bits per heavy atom. The summed E-state index contributed by atoms with van der Waals surface area (Å²) in [5.74, 6) is 1.20. The number of hydrogen-bond donors (Lipinski definition) is 1. The lowest BCUT2D eigenvalue weighted by Gasteiger charge is -2.39. The van der Waals surface area contributed by atoms with E-state index < -0.39 is 0 Å². The van der Waals surface area contributed by atoms with Crippen LogP contribution in [0.2, 0.25) is 0 Å². The van der Waals surface area contributed by atoms with Crippen LogP contribution in [0.25, 0.3) is 0 Å². The Balaban J connectivity index is 1.32. The highest BCUT2D eigenvalue weighted by molar-refractivity contribution is 6.02. The Labute approximate surface area is 223 Å². The van der Waals surface area contributed by atoms with Crippen molar-refractivity contribution >= 4 is 17.5 Å². The summed E-state index contributed by atoms with van der Waals surface area (Å²) in [7, 11) is 0. The van der Waals surface area contributed by atoms with Gasteiger partial charge in [0, 0.05) is 18.2 Å². The number of hydrogen-bond acceptors (Lipinski definition) is 4. The minimum atomic E-state index is -0.311. The highest BCUT2D eigenvalue weighted by Gasteiger charge is 2.33. The van der Waals surface area contributed by atoms with Crippen molar-refractivity contribution in [2.75, 3.05) is 11.9 Å². The number of ether oxygens (including phenoxy) is 1. The van der Waals surface area contributed by atoms with Gasteiger partial charge < -0.3 is 19.4 Å². The largest absolute Gasteiger partial charge is 0.486 e. The van der Waals surface area contributed by atoms with Gasteiger partial charge in [0.05, 0.1) is 6.04 Å². The van der Waals surface area contributed by atoms with E-state index in [0.29, 0.717) is 23.7 Å². The van der Waals surface area contributed by atoms with Gasteiger partial charge in [0.25, 0.3) is 5.91 Å². The molecule has 5 rings (SSSR count). The summed E-state index contributed by atoms with van der Waals surface area (Å²) in [5, 5.41) is 2.84. The summed E-state index contributed by atoms with van der Waals surface area (Å²) in [5.41, 5.74) is 5.20. The quantitative estimate of drug-likeness (QED) is 0.307. The maximum atomic E-state index is 13.1. The third-order valence-electron chi connectivity index (χ3n) is 6.81. The SMILES string of the molecule is Cc1ccc(NC(=O)c2ccc(COc3ccc4c(c3)[C@@H](c3ccccc3)N(C(=O)C(C)C)CC4)o2)cc1. The molecule has 0 bridgehead atoms. The predicted octanol–water partition coefficient (Wildman–Crippen LogP) is 6.55. The summed E-state index contributed by atoms with van der Waals surface area (Å²) < 4.78 is 11.8. The maximum absolute atomic E-state index is 13.1. The average Bonchev–Trinajstić information content (AvgIpc) is 3.42. The second-order valence-electron chi connectivity index (χ2n) is 9.98. The molecule has 0 unspecified atom stereocenters. The Hall–Kier alpha value is -4.32. The Morgan fingerprint density at radius 1 is 1.00 bits per heavy atom. The third kappa shape index (κ3) is 5.49. The van der Waals surface area contributed by atoms with Crippen molar-refractivity contribution in [3.8, 4) is 5.75 Å². The summed E-state index contributed by atoms with van der Waals surface area (Å²) >= 11 is 0. The Morgan fingerprint density at radius 3 is 2.50 bits per heavy atom. The van der Waals surface area contributed by atoms with Gasteiger partial charge in [-0.25, -0.2) is 0 Å². The zero-order valence-corrected chi connectivity index (χ0v) is 21.9. The number of rotatable bonds is 7. The number of amides is 2. The summed E-state index contributed by atoms with van der Waals surface area (Å²) in [6, 6.07) is 27.0. The second kappa shape index (κ2) is 11.0. The molecule has 0 aliphatic carbocycles. The lowest BCUT2D eigenvalue weighted by molar-refractivity contribution is -0.136. The van der Waals surface area contributed by atoms with Crippen molar-refractivity contribution in [3.63, 3.8) is 0 Å². The molecule has 3 aromatic carbocycles. The standard InChI is InChI=1S/C32H32N2O4/c1-21(2)32(36)34-18-17-23-11-14-26(19-28(23)30(34)24-7-5-4-6-8-24)37-20-27-15-16-29(38-27)31(35)33-25-12-9-22(3)10-13-25/h4-16,19,21,30H,17-18,20H2,1-3H3,(H,33,35)/t30-/m1/s1. The molecule has 1 atom stereocenters. The zero-order chi connectivity index (χ0) is 26.6. The molecule has 6 heteroatoms. The van der Waals surface area contributed by atoms with E-state index in [1.54, 1.807) is 12.1 Å².